The number of ether oxygens (including phenoxy) is 1. The van der Waals surface area contributed by atoms with Crippen LogP contribution < -0.4 is 10.1 Å². The average Bonchev–Trinajstić information content (AvgIpc) is 2.30. The number of hydrogen-bond donors (Lipinski definition) is 2. The Hall–Kier alpha value is -0.770. The van der Waals surface area contributed by atoms with Crippen molar-refractivity contribution in [2.45, 2.75) is 25.9 Å². The van der Waals surface area contributed by atoms with E-state index in [0.717, 1.165) is 12.0 Å². The SMILES string of the molecule is CCC(CO)NCc1ccc(OC)c(Cl)c1. The molecule has 2 N–H and O–H groups in total. The summed E-state index contributed by atoms with van der Waals surface area (Å²) in [6.07, 6.45) is 0.903. The number of hydrogen-bond acceptors (Lipinski definition) is 3. The van der Waals surface area contributed by atoms with Crippen molar-refractivity contribution < 1.29 is 9.84 Å². The molecule has 0 heterocycles. The first-order valence-electron chi connectivity index (χ1n) is 5.38. The molecular weight excluding hydrogens is 226 g/mol. The lowest BCUT2D eigenvalue weighted by Gasteiger charge is -2.14. The van der Waals surface area contributed by atoms with Gasteiger partial charge in [0, 0.05) is 12.6 Å². The monoisotopic (exact) mass is 243 g/mol. The van der Waals surface area contributed by atoms with Gasteiger partial charge in [0.25, 0.3) is 0 Å². The molecule has 0 aliphatic rings. The lowest BCUT2D eigenvalue weighted by atomic mass is 10.2. The summed E-state index contributed by atoms with van der Waals surface area (Å²) in [5.41, 5.74) is 1.08. The third-order valence-electron chi connectivity index (χ3n) is 2.52. The molecule has 3 nitrogen and oxygen atoms in total. The van der Waals surface area contributed by atoms with Crippen molar-refractivity contribution in [1.29, 1.82) is 0 Å². The maximum Gasteiger partial charge on any atom is 0.137 e. The van der Waals surface area contributed by atoms with Crippen LogP contribution in [-0.4, -0.2) is 24.9 Å². The van der Waals surface area contributed by atoms with Crippen LogP contribution in [0, 0.1) is 0 Å². The van der Waals surface area contributed by atoms with Gasteiger partial charge in [0.05, 0.1) is 18.7 Å². The lowest BCUT2D eigenvalue weighted by Crippen LogP contribution is -2.31. The molecule has 0 aromatic heterocycles. The van der Waals surface area contributed by atoms with Crippen molar-refractivity contribution in [1.82, 2.24) is 5.32 Å². The fourth-order valence-corrected chi connectivity index (χ4v) is 1.70. The van der Waals surface area contributed by atoms with Gasteiger partial charge in [0.2, 0.25) is 0 Å². The molecule has 1 unspecified atom stereocenters. The van der Waals surface area contributed by atoms with E-state index in [0.29, 0.717) is 17.3 Å². The summed E-state index contributed by atoms with van der Waals surface area (Å²) in [5.74, 6) is 0.680. The van der Waals surface area contributed by atoms with Gasteiger partial charge in [0.1, 0.15) is 5.75 Å². The van der Waals surface area contributed by atoms with Gasteiger partial charge in [0.15, 0.2) is 0 Å². The first-order valence-corrected chi connectivity index (χ1v) is 5.75. The summed E-state index contributed by atoms with van der Waals surface area (Å²) in [5, 5.41) is 12.9. The summed E-state index contributed by atoms with van der Waals surface area (Å²) >= 11 is 6.01. The van der Waals surface area contributed by atoms with Crippen LogP contribution in [0.25, 0.3) is 0 Å². The normalized spacial score (nSPS) is 12.5. The third-order valence-corrected chi connectivity index (χ3v) is 2.82. The quantitative estimate of drug-likeness (QED) is 0.805. The molecule has 0 bridgehead atoms. The van der Waals surface area contributed by atoms with Crippen LogP contribution in [-0.2, 0) is 6.54 Å². The zero-order chi connectivity index (χ0) is 12.0. The van der Waals surface area contributed by atoms with Crippen LogP contribution in [0.4, 0.5) is 0 Å². The minimum Gasteiger partial charge on any atom is -0.495 e. The molecule has 0 radical (unpaired) electrons. The molecule has 0 spiro atoms. The van der Waals surface area contributed by atoms with E-state index in [2.05, 4.69) is 5.32 Å². The van der Waals surface area contributed by atoms with Crippen molar-refractivity contribution in [3.05, 3.63) is 28.8 Å². The van der Waals surface area contributed by atoms with Gasteiger partial charge in [-0.15, -0.1) is 0 Å². The van der Waals surface area contributed by atoms with Crippen LogP contribution >= 0.6 is 11.6 Å². The van der Waals surface area contributed by atoms with Gasteiger partial charge in [-0.25, -0.2) is 0 Å². The molecule has 4 heteroatoms. The fraction of sp³-hybridized carbons (Fsp3) is 0.500. The highest BCUT2D eigenvalue weighted by molar-refractivity contribution is 6.32. The van der Waals surface area contributed by atoms with E-state index in [1.165, 1.54) is 0 Å². The number of nitrogens with one attached hydrogen (secondary N) is 1. The highest BCUT2D eigenvalue weighted by Gasteiger charge is 2.05. The molecule has 0 aliphatic heterocycles. The minimum absolute atomic E-state index is 0.140. The maximum absolute atomic E-state index is 9.03. The molecule has 90 valence electrons. The van der Waals surface area contributed by atoms with E-state index in [-0.39, 0.29) is 12.6 Å². The Morgan fingerprint density at radius 1 is 1.50 bits per heavy atom. The molecule has 0 saturated carbocycles. The van der Waals surface area contributed by atoms with Crippen molar-refractivity contribution in [3.8, 4) is 5.75 Å². The van der Waals surface area contributed by atoms with E-state index in [1.54, 1.807) is 7.11 Å². The highest BCUT2D eigenvalue weighted by Crippen LogP contribution is 2.24. The van der Waals surface area contributed by atoms with Gasteiger partial charge in [-0.3, -0.25) is 0 Å². The van der Waals surface area contributed by atoms with Gasteiger partial charge < -0.3 is 15.2 Å². The summed E-state index contributed by atoms with van der Waals surface area (Å²) < 4.78 is 5.08. The number of aliphatic hydroxyl groups excluding tert-OH is 1. The van der Waals surface area contributed by atoms with Crippen molar-refractivity contribution in [2.24, 2.45) is 0 Å². The van der Waals surface area contributed by atoms with E-state index in [4.69, 9.17) is 21.4 Å². The Morgan fingerprint density at radius 3 is 2.75 bits per heavy atom. The number of halogens is 1. The van der Waals surface area contributed by atoms with Crippen LogP contribution in [0.15, 0.2) is 18.2 Å². The van der Waals surface area contributed by atoms with E-state index < -0.39 is 0 Å². The largest absolute Gasteiger partial charge is 0.495 e. The van der Waals surface area contributed by atoms with Crippen LogP contribution in [0.3, 0.4) is 0 Å². The smallest absolute Gasteiger partial charge is 0.137 e. The van der Waals surface area contributed by atoms with Gasteiger partial charge in [-0.05, 0) is 24.1 Å². The standard InChI is InChI=1S/C12H18ClNO2/c1-3-10(8-15)14-7-9-4-5-12(16-2)11(13)6-9/h4-6,10,14-15H,3,7-8H2,1-2H3. The summed E-state index contributed by atoms with van der Waals surface area (Å²) in [6, 6.07) is 5.82. The maximum atomic E-state index is 9.03. The Bertz CT molecular complexity index is 327. The number of benzene rings is 1. The molecule has 0 amide bonds. The molecule has 1 rings (SSSR count). The number of aliphatic hydroxyl groups is 1. The van der Waals surface area contributed by atoms with E-state index >= 15 is 0 Å². The molecule has 0 fully saturated rings. The fourth-order valence-electron chi connectivity index (χ4n) is 1.42. The predicted molar refractivity (Wildman–Crippen MR) is 66.0 cm³/mol. The van der Waals surface area contributed by atoms with Crippen molar-refractivity contribution >= 4 is 11.6 Å². The van der Waals surface area contributed by atoms with Gasteiger partial charge >= 0.3 is 0 Å². The summed E-state index contributed by atoms with van der Waals surface area (Å²) in [4.78, 5) is 0. The predicted octanol–water partition coefficient (Wildman–Crippen LogP) is 2.21. The second-order valence-electron chi connectivity index (χ2n) is 3.64. The Kier molecular flexibility index (Phi) is 5.60. The van der Waals surface area contributed by atoms with E-state index in [9.17, 15) is 0 Å². The molecule has 1 atom stereocenters. The van der Waals surface area contributed by atoms with E-state index in [1.807, 2.05) is 25.1 Å². The molecule has 1 aromatic carbocycles. The summed E-state index contributed by atoms with van der Waals surface area (Å²) in [6.45, 7) is 2.89. The minimum atomic E-state index is 0.140. The second-order valence-corrected chi connectivity index (χ2v) is 4.04. The molecule has 16 heavy (non-hydrogen) atoms. The first-order chi connectivity index (χ1) is 7.71. The van der Waals surface area contributed by atoms with Gasteiger partial charge in [-0.2, -0.15) is 0 Å². The molecule has 1 aromatic rings. The van der Waals surface area contributed by atoms with Gasteiger partial charge in [-0.1, -0.05) is 24.6 Å². The molecule has 0 saturated heterocycles. The summed E-state index contributed by atoms with van der Waals surface area (Å²) in [7, 11) is 1.60. The zero-order valence-electron chi connectivity index (χ0n) is 9.66. The van der Waals surface area contributed by atoms with Crippen LogP contribution in [0.2, 0.25) is 5.02 Å². The van der Waals surface area contributed by atoms with Crippen LogP contribution in [0.1, 0.15) is 18.9 Å². The Labute approximate surface area is 101 Å². The topological polar surface area (TPSA) is 41.5 Å². The first kappa shape index (κ1) is 13.3. The Balaban J connectivity index is 2.58. The molecular formula is C12H18ClNO2. The third kappa shape index (κ3) is 3.67. The van der Waals surface area contributed by atoms with Crippen molar-refractivity contribution in [2.75, 3.05) is 13.7 Å². The highest BCUT2D eigenvalue weighted by atomic mass is 35.5. The average molecular weight is 244 g/mol. The van der Waals surface area contributed by atoms with Crippen LogP contribution in [0.5, 0.6) is 5.75 Å². The number of rotatable bonds is 6. The number of methoxy groups -OCH3 is 1. The Morgan fingerprint density at radius 2 is 2.25 bits per heavy atom. The van der Waals surface area contributed by atoms with Crippen molar-refractivity contribution in [3.63, 3.8) is 0 Å². The molecule has 0 aliphatic carbocycles. The second kappa shape index (κ2) is 6.74. The lowest BCUT2D eigenvalue weighted by molar-refractivity contribution is 0.238. The zero-order valence-corrected chi connectivity index (χ0v) is 10.4.